The smallest absolute Gasteiger partial charge is 0.165 e. The van der Waals surface area contributed by atoms with Crippen molar-refractivity contribution in [2.45, 2.75) is 27.0 Å². The number of halogens is 2. The standard InChI is InChI=1S/C15H19ClFN3O/c1-4-18-8-11-5-6-14(13(17)7-11)21-9-12-10(2)19-20(3)15(12)16/h5-7,18H,4,8-9H2,1-3H3. The van der Waals surface area contributed by atoms with Gasteiger partial charge < -0.3 is 10.1 Å². The molecule has 0 aliphatic rings. The van der Waals surface area contributed by atoms with Crippen LogP contribution in [0.4, 0.5) is 4.39 Å². The zero-order chi connectivity index (χ0) is 15.4. The molecule has 0 unspecified atom stereocenters. The fourth-order valence-electron chi connectivity index (χ4n) is 2.03. The second-order valence-electron chi connectivity index (χ2n) is 4.81. The number of aryl methyl sites for hydroxylation is 2. The van der Waals surface area contributed by atoms with Gasteiger partial charge in [-0.05, 0) is 31.2 Å². The summed E-state index contributed by atoms with van der Waals surface area (Å²) in [5.41, 5.74) is 2.44. The molecule has 4 nitrogen and oxygen atoms in total. The van der Waals surface area contributed by atoms with E-state index in [9.17, 15) is 4.39 Å². The van der Waals surface area contributed by atoms with E-state index in [-0.39, 0.29) is 18.2 Å². The minimum atomic E-state index is -0.372. The number of nitrogens with zero attached hydrogens (tertiary/aromatic N) is 2. The third kappa shape index (κ3) is 3.74. The fraction of sp³-hybridized carbons (Fsp3) is 0.400. The molecule has 0 fully saturated rings. The van der Waals surface area contributed by atoms with Crippen molar-refractivity contribution < 1.29 is 9.13 Å². The summed E-state index contributed by atoms with van der Waals surface area (Å²) in [5.74, 6) is -0.155. The van der Waals surface area contributed by atoms with E-state index in [1.54, 1.807) is 17.8 Å². The molecule has 1 N–H and O–H groups in total. The van der Waals surface area contributed by atoms with Gasteiger partial charge in [0.2, 0.25) is 0 Å². The molecule has 0 bridgehead atoms. The molecule has 2 rings (SSSR count). The maximum absolute atomic E-state index is 14.0. The van der Waals surface area contributed by atoms with Gasteiger partial charge in [-0.3, -0.25) is 4.68 Å². The molecule has 6 heteroatoms. The Balaban J connectivity index is 2.06. The summed E-state index contributed by atoms with van der Waals surface area (Å²) in [5, 5.41) is 7.86. The quantitative estimate of drug-likeness (QED) is 0.890. The topological polar surface area (TPSA) is 39.1 Å². The number of aromatic nitrogens is 2. The van der Waals surface area contributed by atoms with Crippen molar-refractivity contribution in [1.82, 2.24) is 15.1 Å². The van der Waals surface area contributed by atoms with Gasteiger partial charge in [0.25, 0.3) is 0 Å². The number of nitrogens with one attached hydrogen (secondary N) is 1. The molecule has 0 aliphatic carbocycles. The number of rotatable bonds is 6. The van der Waals surface area contributed by atoms with Gasteiger partial charge in [-0.25, -0.2) is 4.39 Å². The first-order chi connectivity index (χ1) is 10.0. The SMILES string of the molecule is CCNCc1ccc(OCc2c(C)nn(C)c2Cl)c(F)c1. The molecule has 0 aliphatic heterocycles. The van der Waals surface area contributed by atoms with Gasteiger partial charge >= 0.3 is 0 Å². The Hall–Kier alpha value is -1.59. The number of hydrogen-bond donors (Lipinski definition) is 1. The molecule has 1 heterocycles. The van der Waals surface area contributed by atoms with Crippen LogP contribution in [0.2, 0.25) is 5.15 Å². The Kier molecular flexibility index (Phi) is 5.20. The largest absolute Gasteiger partial charge is 0.486 e. The summed E-state index contributed by atoms with van der Waals surface area (Å²) >= 11 is 6.12. The minimum Gasteiger partial charge on any atom is -0.486 e. The Bertz CT molecular complexity index is 628. The van der Waals surface area contributed by atoms with Crippen LogP contribution >= 0.6 is 11.6 Å². The van der Waals surface area contributed by atoms with Crippen molar-refractivity contribution in [3.8, 4) is 5.75 Å². The monoisotopic (exact) mass is 311 g/mol. The molecule has 0 atom stereocenters. The molecular weight excluding hydrogens is 293 g/mol. The van der Waals surface area contributed by atoms with E-state index in [0.29, 0.717) is 11.7 Å². The van der Waals surface area contributed by atoms with Gasteiger partial charge in [-0.15, -0.1) is 0 Å². The summed E-state index contributed by atoms with van der Waals surface area (Å²) in [7, 11) is 1.76. The maximum atomic E-state index is 14.0. The summed E-state index contributed by atoms with van der Waals surface area (Å²) in [4.78, 5) is 0. The average molecular weight is 312 g/mol. The highest BCUT2D eigenvalue weighted by Gasteiger charge is 2.13. The summed E-state index contributed by atoms with van der Waals surface area (Å²) in [6.45, 7) is 5.54. The van der Waals surface area contributed by atoms with Gasteiger partial charge in [-0.1, -0.05) is 24.6 Å². The van der Waals surface area contributed by atoms with E-state index in [2.05, 4.69) is 10.4 Å². The van der Waals surface area contributed by atoms with E-state index in [1.807, 2.05) is 19.9 Å². The van der Waals surface area contributed by atoms with Crippen LogP contribution in [0.25, 0.3) is 0 Å². The Labute approximate surface area is 128 Å². The predicted octanol–water partition coefficient (Wildman–Crippen LogP) is 3.21. The molecule has 0 spiro atoms. The van der Waals surface area contributed by atoms with Gasteiger partial charge in [0, 0.05) is 19.2 Å². The molecule has 114 valence electrons. The lowest BCUT2D eigenvalue weighted by atomic mass is 10.2. The molecule has 2 aromatic rings. The lowest BCUT2D eigenvalue weighted by Crippen LogP contribution is -2.11. The Morgan fingerprint density at radius 2 is 2.19 bits per heavy atom. The van der Waals surface area contributed by atoms with E-state index >= 15 is 0 Å². The van der Waals surface area contributed by atoms with Crippen LogP contribution in [-0.4, -0.2) is 16.3 Å². The van der Waals surface area contributed by atoms with E-state index in [1.165, 1.54) is 6.07 Å². The highest BCUT2D eigenvalue weighted by Crippen LogP contribution is 2.23. The minimum absolute atomic E-state index is 0.196. The molecule has 0 saturated heterocycles. The lowest BCUT2D eigenvalue weighted by Gasteiger charge is -2.09. The van der Waals surface area contributed by atoms with E-state index in [4.69, 9.17) is 16.3 Å². The highest BCUT2D eigenvalue weighted by molar-refractivity contribution is 6.30. The predicted molar refractivity (Wildman–Crippen MR) is 81.1 cm³/mol. The van der Waals surface area contributed by atoms with Crippen molar-refractivity contribution in [2.75, 3.05) is 6.54 Å². The van der Waals surface area contributed by atoms with Crippen molar-refractivity contribution in [2.24, 2.45) is 7.05 Å². The highest BCUT2D eigenvalue weighted by atomic mass is 35.5. The molecule has 21 heavy (non-hydrogen) atoms. The van der Waals surface area contributed by atoms with Gasteiger partial charge in [-0.2, -0.15) is 5.10 Å². The van der Waals surface area contributed by atoms with Crippen molar-refractivity contribution >= 4 is 11.6 Å². The van der Waals surface area contributed by atoms with Crippen LogP contribution in [-0.2, 0) is 20.2 Å². The molecule has 1 aromatic heterocycles. The van der Waals surface area contributed by atoms with Crippen LogP contribution < -0.4 is 10.1 Å². The number of ether oxygens (including phenoxy) is 1. The average Bonchev–Trinajstić information content (AvgIpc) is 2.69. The zero-order valence-corrected chi connectivity index (χ0v) is 13.2. The first kappa shape index (κ1) is 15.8. The van der Waals surface area contributed by atoms with Crippen molar-refractivity contribution in [1.29, 1.82) is 0 Å². The molecule has 0 amide bonds. The van der Waals surface area contributed by atoms with Crippen LogP contribution in [0.5, 0.6) is 5.75 Å². The van der Waals surface area contributed by atoms with Gasteiger partial charge in [0.15, 0.2) is 11.6 Å². The van der Waals surface area contributed by atoms with E-state index in [0.717, 1.165) is 23.4 Å². The van der Waals surface area contributed by atoms with Crippen molar-refractivity contribution in [3.63, 3.8) is 0 Å². The van der Waals surface area contributed by atoms with Crippen LogP contribution in [0, 0.1) is 12.7 Å². The summed E-state index contributed by atoms with van der Waals surface area (Å²) in [6, 6.07) is 4.97. The fourth-order valence-corrected chi connectivity index (χ4v) is 2.26. The second-order valence-corrected chi connectivity index (χ2v) is 5.17. The first-order valence-electron chi connectivity index (χ1n) is 6.82. The molecule has 1 aromatic carbocycles. The molecule has 0 saturated carbocycles. The van der Waals surface area contributed by atoms with Crippen molar-refractivity contribution in [3.05, 3.63) is 46.0 Å². The molecular formula is C15H19ClFN3O. The zero-order valence-electron chi connectivity index (χ0n) is 12.4. The van der Waals surface area contributed by atoms with Gasteiger partial charge in [0.1, 0.15) is 11.8 Å². The summed E-state index contributed by atoms with van der Waals surface area (Å²) in [6.07, 6.45) is 0. The first-order valence-corrected chi connectivity index (χ1v) is 7.20. The van der Waals surface area contributed by atoms with Crippen LogP contribution in [0.1, 0.15) is 23.7 Å². The normalized spacial score (nSPS) is 10.9. The number of hydrogen-bond acceptors (Lipinski definition) is 3. The van der Waals surface area contributed by atoms with Crippen LogP contribution in [0.3, 0.4) is 0 Å². The Morgan fingerprint density at radius 1 is 1.43 bits per heavy atom. The maximum Gasteiger partial charge on any atom is 0.165 e. The Morgan fingerprint density at radius 3 is 2.76 bits per heavy atom. The van der Waals surface area contributed by atoms with Crippen LogP contribution in [0.15, 0.2) is 18.2 Å². The summed E-state index contributed by atoms with van der Waals surface area (Å²) < 4.78 is 21.1. The van der Waals surface area contributed by atoms with E-state index < -0.39 is 0 Å². The second kappa shape index (κ2) is 6.91. The third-order valence-electron chi connectivity index (χ3n) is 3.22. The van der Waals surface area contributed by atoms with Gasteiger partial charge in [0.05, 0.1) is 5.69 Å². The lowest BCUT2D eigenvalue weighted by molar-refractivity contribution is 0.289. The third-order valence-corrected chi connectivity index (χ3v) is 3.69. The molecule has 0 radical (unpaired) electrons. The number of benzene rings is 1.